The zero-order valence-corrected chi connectivity index (χ0v) is 16.9. The molecule has 0 amide bonds. The number of hydrogen-bond acceptors (Lipinski definition) is 4. The lowest BCUT2D eigenvalue weighted by Gasteiger charge is -2.09. The summed E-state index contributed by atoms with van der Waals surface area (Å²) >= 11 is 3.43. The van der Waals surface area contributed by atoms with E-state index in [1.165, 1.54) is 9.13 Å². The largest absolute Gasteiger partial charge is 0.367 e. The number of nitrogens with zero attached hydrogens (tertiary/aromatic N) is 4. The van der Waals surface area contributed by atoms with Crippen molar-refractivity contribution in [3.05, 3.63) is 55.0 Å². The lowest BCUT2D eigenvalue weighted by Crippen LogP contribution is -2.39. The third kappa shape index (κ3) is 3.33. The second kappa shape index (κ2) is 7.11. The first-order valence-electron chi connectivity index (χ1n) is 8.44. The van der Waals surface area contributed by atoms with Gasteiger partial charge < -0.3 is 9.88 Å². The maximum Gasteiger partial charge on any atom is 0.317 e. The summed E-state index contributed by atoms with van der Waals surface area (Å²) in [6, 6.07) is 7.93. The van der Waals surface area contributed by atoms with Gasteiger partial charge in [0.05, 0.1) is 6.54 Å². The Labute approximate surface area is 159 Å². The predicted octanol–water partition coefficient (Wildman–Crippen LogP) is 2.31. The van der Waals surface area contributed by atoms with Crippen LogP contribution in [0.1, 0.15) is 19.4 Å². The highest BCUT2D eigenvalue weighted by Crippen LogP contribution is 2.22. The molecule has 0 atom stereocenters. The van der Waals surface area contributed by atoms with Crippen molar-refractivity contribution >= 4 is 32.9 Å². The monoisotopic (exact) mass is 419 g/mol. The van der Waals surface area contributed by atoms with Crippen molar-refractivity contribution in [3.8, 4) is 0 Å². The SMILES string of the molecule is CC(C)CNc1nn(Cc2ccc(Br)cc2)c2c1n(C)c(=O)c(=O)n2C. The first kappa shape index (κ1) is 18.4. The molecular formula is C18H22BrN5O2. The molecule has 0 aliphatic heterocycles. The third-order valence-electron chi connectivity index (χ3n) is 4.27. The number of aryl methyl sites for hydroxylation is 2. The first-order valence-corrected chi connectivity index (χ1v) is 9.23. The summed E-state index contributed by atoms with van der Waals surface area (Å²) in [7, 11) is 3.22. The lowest BCUT2D eigenvalue weighted by molar-refractivity contribution is 0.665. The molecule has 3 aromatic rings. The molecule has 138 valence electrons. The fourth-order valence-electron chi connectivity index (χ4n) is 2.86. The molecule has 0 saturated carbocycles. The summed E-state index contributed by atoms with van der Waals surface area (Å²) in [6.07, 6.45) is 0. The molecule has 0 aliphatic rings. The van der Waals surface area contributed by atoms with E-state index in [4.69, 9.17) is 0 Å². The van der Waals surface area contributed by atoms with Crippen molar-refractivity contribution in [2.45, 2.75) is 20.4 Å². The van der Waals surface area contributed by atoms with E-state index in [-0.39, 0.29) is 0 Å². The van der Waals surface area contributed by atoms with Gasteiger partial charge in [0.15, 0.2) is 11.5 Å². The van der Waals surface area contributed by atoms with Crippen LogP contribution in [0.15, 0.2) is 38.3 Å². The van der Waals surface area contributed by atoms with Gasteiger partial charge in [-0.15, -0.1) is 0 Å². The molecule has 1 aromatic carbocycles. The minimum absolute atomic E-state index is 0.422. The minimum Gasteiger partial charge on any atom is -0.367 e. The summed E-state index contributed by atoms with van der Waals surface area (Å²) in [5, 5.41) is 7.96. The van der Waals surface area contributed by atoms with Crippen molar-refractivity contribution in [1.82, 2.24) is 18.9 Å². The third-order valence-corrected chi connectivity index (χ3v) is 4.80. The van der Waals surface area contributed by atoms with Crippen LogP contribution >= 0.6 is 15.9 Å². The van der Waals surface area contributed by atoms with Crippen LogP contribution in [0.2, 0.25) is 0 Å². The minimum atomic E-state index is -0.563. The Hall–Kier alpha value is -2.35. The van der Waals surface area contributed by atoms with E-state index in [1.54, 1.807) is 18.8 Å². The van der Waals surface area contributed by atoms with E-state index in [0.29, 0.717) is 29.4 Å². The summed E-state index contributed by atoms with van der Waals surface area (Å²) < 4.78 is 5.53. The van der Waals surface area contributed by atoms with E-state index in [9.17, 15) is 9.59 Å². The quantitative estimate of drug-likeness (QED) is 0.643. The summed E-state index contributed by atoms with van der Waals surface area (Å²) in [4.78, 5) is 24.5. The van der Waals surface area contributed by atoms with Gasteiger partial charge in [0.25, 0.3) is 0 Å². The average Bonchev–Trinajstić information content (AvgIpc) is 2.96. The molecule has 1 N–H and O–H groups in total. The maximum atomic E-state index is 12.3. The van der Waals surface area contributed by atoms with Gasteiger partial charge in [-0.2, -0.15) is 5.10 Å². The number of rotatable bonds is 5. The molecule has 0 radical (unpaired) electrons. The van der Waals surface area contributed by atoms with Gasteiger partial charge in [-0.05, 0) is 23.6 Å². The number of nitrogens with one attached hydrogen (secondary N) is 1. The van der Waals surface area contributed by atoms with Gasteiger partial charge in [0.1, 0.15) is 5.52 Å². The second-order valence-corrected chi connectivity index (χ2v) is 7.72. The zero-order chi connectivity index (χ0) is 19.0. The van der Waals surface area contributed by atoms with E-state index >= 15 is 0 Å². The van der Waals surface area contributed by atoms with Gasteiger partial charge in [-0.3, -0.25) is 14.2 Å². The molecule has 2 aromatic heterocycles. The normalized spacial score (nSPS) is 11.5. The van der Waals surface area contributed by atoms with Crippen molar-refractivity contribution in [2.24, 2.45) is 20.0 Å². The fraction of sp³-hybridized carbons (Fsp3) is 0.389. The number of fused-ring (bicyclic) bond motifs is 1. The molecule has 0 saturated heterocycles. The number of hydrogen-bond donors (Lipinski definition) is 1. The molecule has 3 rings (SSSR count). The maximum absolute atomic E-state index is 12.3. The molecule has 2 heterocycles. The Morgan fingerprint density at radius 1 is 1.08 bits per heavy atom. The molecule has 0 aliphatic carbocycles. The van der Waals surface area contributed by atoms with Crippen molar-refractivity contribution in [3.63, 3.8) is 0 Å². The predicted molar refractivity (Wildman–Crippen MR) is 107 cm³/mol. The number of aromatic nitrogens is 4. The topological polar surface area (TPSA) is 73.8 Å². The van der Waals surface area contributed by atoms with Crippen LogP contribution in [-0.4, -0.2) is 25.5 Å². The molecule has 7 nitrogen and oxygen atoms in total. The molecule has 0 unspecified atom stereocenters. The number of halogens is 1. The van der Waals surface area contributed by atoms with Crippen LogP contribution in [0.3, 0.4) is 0 Å². The molecule has 0 spiro atoms. The van der Waals surface area contributed by atoms with E-state index < -0.39 is 11.1 Å². The highest BCUT2D eigenvalue weighted by Gasteiger charge is 2.19. The Morgan fingerprint density at radius 3 is 2.31 bits per heavy atom. The zero-order valence-electron chi connectivity index (χ0n) is 15.3. The Morgan fingerprint density at radius 2 is 1.69 bits per heavy atom. The highest BCUT2D eigenvalue weighted by molar-refractivity contribution is 9.10. The Bertz CT molecular complexity index is 1060. The summed E-state index contributed by atoms with van der Waals surface area (Å²) in [5.41, 5.74) is 1.18. The van der Waals surface area contributed by atoms with Gasteiger partial charge in [0.2, 0.25) is 0 Å². The molecule has 0 bridgehead atoms. The van der Waals surface area contributed by atoms with Gasteiger partial charge in [-0.1, -0.05) is 41.9 Å². The Balaban J connectivity index is 2.20. The fourth-order valence-corrected chi connectivity index (χ4v) is 3.13. The van der Waals surface area contributed by atoms with E-state index in [0.717, 1.165) is 16.6 Å². The highest BCUT2D eigenvalue weighted by atomic mass is 79.9. The molecule has 8 heteroatoms. The summed E-state index contributed by atoms with van der Waals surface area (Å²) in [5.74, 6) is 1.03. The second-order valence-electron chi connectivity index (χ2n) is 6.81. The number of benzene rings is 1. The van der Waals surface area contributed by atoms with Gasteiger partial charge in [0, 0.05) is 25.1 Å². The van der Waals surface area contributed by atoms with Gasteiger partial charge in [-0.25, -0.2) is 4.68 Å². The van der Waals surface area contributed by atoms with Gasteiger partial charge >= 0.3 is 11.1 Å². The van der Waals surface area contributed by atoms with Crippen molar-refractivity contribution in [2.75, 3.05) is 11.9 Å². The standard InChI is InChI=1S/C18H22BrN5O2/c1-11(2)9-20-15-14-16(23(4)18(26)17(25)22(14)3)24(21-15)10-12-5-7-13(19)8-6-12/h5-8,11H,9-10H2,1-4H3,(H,20,21). The van der Waals surface area contributed by atoms with Crippen LogP contribution in [0.25, 0.3) is 11.2 Å². The average molecular weight is 420 g/mol. The molecule has 26 heavy (non-hydrogen) atoms. The van der Waals surface area contributed by atoms with Crippen molar-refractivity contribution < 1.29 is 0 Å². The van der Waals surface area contributed by atoms with Crippen LogP contribution < -0.4 is 16.4 Å². The Kier molecular flexibility index (Phi) is 5.04. The van der Waals surface area contributed by atoms with E-state index in [2.05, 4.69) is 40.2 Å². The molecular weight excluding hydrogens is 398 g/mol. The smallest absolute Gasteiger partial charge is 0.317 e. The van der Waals surface area contributed by atoms with Crippen LogP contribution in [0.5, 0.6) is 0 Å². The summed E-state index contributed by atoms with van der Waals surface area (Å²) in [6.45, 7) is 5.42. The van der Waals surface area contributed by atoms with E-state index in [1.807, 2.05) is 24.3 Å². The number of anilines is 1. The van der Waals surface area contributed by atoms with Crippen LogP contribution in [0.4, 0.5) is 5.82 Å². The molecule has 0 fully saturated rings. The van der Waals surface area contributed by atoms with Crippen molar-refractivity contribution in [1.29, 1.82) is 0 Å². The van der Waals surface area contributed by atoms with Crippen LogP contribution in [0, 0.1) is 5.92 Å². The lowest BCUT2D eigenvalue weighted by atomic mass is 10.2. The van der Waals surface area contributed by atoms with Crippen LogP contribution in [-0.2, 0) is 20.6 Å². The first-order chi connectivity index (χ1) is 12.3.